The van der Waals surface area contributed by atoms with E-state index in [4.69, 9.17) is 4.74 Å². The van der Waals surface area contributed by atoms with E-state index >= 15 is 0 Å². The Morgan fingerprint density at radius 1 is 1.36 bits per heavy atom. The fourth-order valence-corrected chi connectivity index (χ4v) is 2.81. The molecule has 1 aliphatic rings. The second-order valence-corrected chi connectivity index (χ2v) is 5.75. The maximum Gasteiger partial charge on any atom is 0.387 e. The van der Waals surface area contributed by atoms with E-state index in [0.717, 1.165) is 12.8 Å². The second-order valence-electron chi connectivity index (χ2n) is 5.75. The number of carbonyl (C=O) groups excluding carboxylic acids is 2. The largest absolute Gasteiger partial charge is 0.466 e. The Morgan fingerprint density at radius 2 is 2.12 bits per heavy atom. The lowest BCUT2D eigenvalue weighted by molar-refractivity contribution is -0.150. The number of likely N-dealkylation sites (tertiary alicyclic amines) is 1. The number of hydrogen-bond acceptors (Lipinski definition) is 5. The first-order valence-corrected chi connectivity index (χ1v) is 8.22. The van der Waals surface area contributed by atoms with Crippen molar-refractivity contribution in [2.24, 2.45) is 5.92 Å². The molecule has 1 fully saturated rings. The summed E-state index contributed by atoms with van der Waals surface area (Å²) in [5, 5.41) is 2.58. The molecule has 1 unspecified atom stereocenters. The van der Waals surface area contributed by atoms with Gasteiger partial charge >= 0.3 is 12.6 Å². The van der Waals surface area contributed by atoms with Gasteiger partial charge in [-0.25, -0.2) is 0 Å². The van der Waals surface area contributed by atoms with E-state index in [1.165, 1.54) is 12.1 Å². The predicted octanol–water partition coefficient (Wildman–Crippen LogP) is 2.50. The van der Waals surface area contributed by atoms with Gasteiger partial charge in [-0.05, 0) is 38.4 Å². The highest BCUT2D eigenvalue weighted by Crippen LogP contribution is 2.25. The van der Waals surface area contributed by atoms with Crippen molar-refractivity contribution < 1.29 is 27.8 Å². The molecule has 0 spiro atoms. The maximum atomic E-state index is 12.4. The molecule has 1 atom stereocenters. The Balaban J connectivity index is 1.91. The summed E-state index contributed by atoms with van der Waals surface area (Å²) in [6, 6.07) is 6.01. The third-order valence-corrected chi connectivity index (χ3v) is 3.87. The number of esters is 1. The lowest BCUT2D eigenvalue weighted by Crippen LogP contribution is -2.43. The number of carbonyl (C=O) groups is 2. The van der Waals surface area contributed by atoms with Gasteiger partial charge in [-0.1, -0.05) is 12.1 Å². The van der Waals surface area contributed by atoms with Crippen LogP contribution in [0.3, 0.4) is 0 Å². The molecular formula is C17H22F2N2O4. The van der Waals surface area contributed by atoms with E-state index in [0.29, 0.717) is 19.7 Å². The van der Waals surface area contributed by atoms with Crippen molar-refractivity contribution in [2.75, 3.05) is 31.6 Å². The summed E-state index contributed by atoms with van der Waals surface area (Å²) in [7, 11) is 0. The fourth-order valence-electron chi connectivity index (χ4n) is 2.81. The van der Waals surface area contributed by atoms with Crippen molar-refractivity contribution in [2.45, 2.75) is 26.4 Å². The summed E-state index contributed by atoms with van der Waals surface area (Å²) in [6.07, 6.45) is 1.53. The molecule has 0 aliphatic carbocycles. The van der Waals surface area contributed by atoms with E-state index in [2.05, 4.69) is 10.1 Å². The molecule has 6 nitrogen and oxygen atoms in total. The summed E-state index contributed by atoms with van der Waals surface area (Å²) in [5.74, 6) is -0.928. The molecule has 0 aromatic heterocycles. The number of rotatable bonds is 7. The number of halogens is 2. The monoisotopic (exact) mass is 356 g/mol. The molecule has 1 aromatic carbocycles. The lowest BCUT2D eigenvalue weighted by Gasteiger charge is -2.30. The van der Waals surface area contributed by atoms with Crippen LogP contribution in [0.5, 0.6) is 5.75 Å². The normalized spacial score (nSPS) is 18.0. The van der Waals surface area contributed by atoms with Gasteiger partial charge in [0.2, 0.25) is 5.91 Å². The van der Waals surface area contributed by atoms with Crippen LogP contribution in [0.15, 0.2) is 24.3 Å². The predicted molar refractivity (Wildman–Crippen MR) is 87.5 cm³/mol. The molecule has 25 heavy (non-hydrogen) atoms. The number of nitrogens with one attached hydrogen (secondary N) is 1. The van der Waals surface area contributed by atoms with Gasteiger partial charge in [0, 0.05) is 6.54 Å². The van der Waals surface area contributed by atoms with E-state index in [-0.39, 0.29) is 35.8 Å². The molecule has 0 radical (unpaired) electrons. The number of nitrogens with zero attached hydrogens (tertiary/aromatic N) is 1. The van der Waals surface area contributed by atoms with Crippen molar-refractivity contribution in [1.82, 2.24) is 4.90 Å². The Kier molecular flexibility index (Phi) is 7.12. The Labute approximate surface area is 145 Å². The van der Waals surface area contributed by atoms with E-state index in [1.807, 2.05) is 4.90 Å². The average molecular weight is 356 g/mol. The first-order valence-electron chi connectivity index (χ1n) is 8.22. The van der Waals surface area contributed by atoms with Gasteiger partial charge < -0.3 is 14.8 Å². The van der Waals surface area contributed by atoms with Crippen molar-refractivity contribution >= 4 is 17.6 Å². The third kappa shape index (κ3) is 5.97. The highest BCUT2D eigenvalue weighted by molar-refractivity contribution is 5.93. The molecular weight excluding hydrogens is 334 g/mol. The number of benzene rings is 1. The van der Waals surface area contributed by atoms with Gasteiger partial charge in [0.25, 0.3) is 0 Å². The summed E-state index contributed by atoms with van der Waals surface area (Å²) in [6.45, 7) is 0.325. The molecule has 1 saturated heterocycles. The minimum atomic E-state index is -2.97. The Morgan fingerprint density at radius 3 is 2.84 bits per heavy atom. The molecule has 0 saturated carbocycles. The fraction of sp³-hybridized carbons (Fsp3) is 0.529. The molecule has 8 heteroatoms. The van der Waals surface area contributed by atoms with E-state index in [9.17, 15) is 18.4 Å². The smallest absolute Gasteiger partial charge is 0.387 e. The number of alkyl halides is 2. The molecule has 1 heterocycles. The number of anilines is 1. The summed E-state index contributed by atoms with van der Waals surface area (Å²) < 4.78 is 34.2. The topological polar surface area (TPSA) is 67.9 Å². The number of hydrogen-bond donors (Lipinski definition) is 1. The Bertz CT molecular complexity index is 598. The average Bonchev–Trinajstić information content (AvgIpc) is 2.56. The Hall–Kier alpha value is -2.22. The summed E-state index contributed by atoms with van der Waals surface area (Å²) >= 11 is 0. The second kappa shape index (κ2) is 9.31. The van der Waals surface area contributed by atoms with Gasteiger partial charge in [0.1, 0.15) is 5.75 Å². The van der Waals surface area contributed by atoms with E-state index < -0.39 is 6.61 Å². The van der Waals surface area contributed by atoms with Crippen LogP contribution in [0.25, 0.3) is 0 Å². The lowest BCUT2D eigenvalue weighted by atomic mass is 9.98. The van der Waals surface area contributed by atoms with Crippen LogP contribution < -0.4 is 10.1 Å². The van der Waals surface area contributed by atoms with Crippen LogP contribution in [0.1, 0.15) is 19.8 Å². The SMILES string of the molecule is CCOC(=O)C1CCCN(CC(=O)Nc2ccccc2OC(F)F)C1. The molecule has 1 aromatic rings. The van der Waals surface area contributed by atoms with Crippen molar-refractivity contribution in [3.63, 3.8) is 0 Å². The highest BCUT2D eigenvalue weighted by Gasteiger charge is 2.27. The van der Waals surface area contributed by atoms with Crippen LogP contribution in [0, 0.1) is 5.92 Å². The summed E-state index contributed by atoms with van der Waals surface area (Å²) in [5.41, 5.74) is 0.187. The van der Waals surface area contributed by atoms with Gasteiger partial charge in [0.05, 0.1) is 24.8 Å². The van der Waals surface area contributed by atoms with Gasteiger partial charge in [-0.3, -0.25) is 14.5 Å². The zero-order chi connectivity index (χ0) is 18.2. The first kappa shape index (κ1) is 19.1. The van der Waals surface area contributed by atoms with Crippen molar-refractivity contribution in [3.05, 3.63) is 24.3 Å². The van der Waals surface area contributed by atoms with Crippen LogP contribution in [0.2, 0.25) is 0 Å². The van der Waals surface area contributed by atoms with Crippen molar-refractivity contribution in [3.8, 4) is 5.75 Å². The zero-order valence-electron chi connectivity index (χ0n) is 14.0. The number of ether oxygens (including phenoxy) is 2. The maximum absolute atomic E-state index is 12.4. The van der Waals surface area contributed by atoms with E-state index in [1.54, 1.807) is 19.1 Å². The number of piperidine rings is 1. The van der Waals surface area contributed by atoms with Gasteiger partial charge in [0.15, 0.2) is 0 Å². The highest BCUT2D eigenvalue weighted by atomic mass is 19.3. The zero-order valence-corrected chi connectivity index (χ0v) is 14.0. The van der Waals surface area contributed by atoms with Crippen LogP contribution in [-0.2, 0) is 14.3 Å². The molecule has 0 bridgehead atoms. The standard InChI is InChI=1S/C17H22F2N2O4/c1-2-24-16(23)12-6-5-9-21(10-12)11-15(22)20-13-7-3-4-8-14(13)25-17(18)19/h3-4,7-8,12,17H,2,5-6,9-11H2,1H3,(H,20,22). The quantitative estimate of drug-likeness (QED) is 0.761. The summed E-state index contributed by atoms with van der Waals surface area (Å²) in [4.78, 5) is 25.9. The molecule has 1 aliphatic heterocycles. The first-order chi connectivity index (χ1) is 12.0. The minimum absolute atomic E-state index is 0.0684. The molecule has 1 amide bonds. The number of amides is 1. The van der Waals surface area contributed by atoms with Gasteiger partial charge in [-0.2, -0.15) is 8.78 Å². The third-order valence-electron chi connectivity index (χ3n) is 3.87. The minimum Gasteiger partial charge on any atom is -0.466 e. The van der Waals surface area contributed by atoms with Gasteiger partial charge in [-0.15, -0.1) is 0 Å². The number of para-hydroxylation sites is 2. The molecule has 1 N–H and O–H groups in total. The van der Waals surface area contributed by atoms with Crippen LogP contribution in [0.4, 0.5) is 14.5 Å². The van der Waals surface area contributed by atoms with Crippen molar-refractivity contribution in [1.29, 1.82) is 0 Å². The molecule has 2 rings (SSSR count). The van der Waals surface area contributed by atoms with Crippen LogP contribution in [-0.4, -0.2) is 49.6 Å². The molecule has 138 valence electrons. The van der Waals surface area contributed by atoms with Crippen LogP contribution >= 0.6 is 0 Å².